The van der Waals surface area contributed by atoms with Crippen molar-refractivity contribution < 1.29 is 99.8 Å². The molecule has 2 saturated carbocycles. The van der Waals surface area contributed by atoms with Crippen LogP contribution in [0, 0.1) is 156 Å². The van der Waals surface area contributed by atoms with E-state index in [1.807, 2.05) is 187 Å². The molecule has 728 valence electrons. The quantitative estimate of drug-likeness (QED) is 0.00616. The second-order valence-corrected chi connectivity index (χ2v) is 40.3. The maximum atomic E-state index is 13.0. The molecule has 139 heavy (non-hydrogen) atoms. The van der Waals surface area contributed by atoms with E-state index in [2.05, 4.69) is 75.5 Å². The number of rotatable bonds is 32. The van der Waals surface area contributed by atoms with Crippen LogP contribution in [-0.4, -0.2) is 76.2 Å². The SMILES string of the molecule is C=COOOc1c(C)cc(C2(c3cc(C)c(OCC(=O)O)c(C(c4cc(C)c(O)cc4C)c4cc(C)c(O)cc4C)c3)CCC(C(C)(C)C3CCC(c4cc(C)c(OCC(=O)O)c(C(c5cc(C)c(O)cc5C)c5cc(C)c(O)cc5C)c4)(c4cc(C)c(OOOC=C)c(C(c5cc(C)c(O)cc5C)c5cc(C)c(O)cc5C)c4)CC3)CC2)cc1C(c1cc(C)c(O)cc1C)c1cc(C)c(O)cc1C. The molecule has 0 heterocycles. The second-order valence-electron chi connectivity index (χ2n) is 40.3. The highest BCUT2D eigenvalue weighted by atomic mass is 17.5. The van der Waals surface area contributed by atoms with Gasteiger partial charge in [0.2, 0.25) is 0 Å². The molecule has 14 rings (SSSR count). The lowest BCUT2D eigenvalue weighted by atomic mass is 9.52. The lowest BCUT2D eigenvalue weighted by Crippen LogP contribution is -2.43. The van der Waals surface area contributed by atoms with E-state index < -0.39 is 65.1 Å². The molecule has 0 spiro atoms. The molecule has 0 atom stereocenters. The van der Waals surface area contributed by atoms with Gasteiger partial charge in [-0.3, -0.25) is 9.78 Å². The van der Waals surface area contributed by atoms with Crippen LogP contribution in [0.3, 0.4) is 0 Å². The summed E-state index contributed by atoms with van der Waals surface area (Å²) in [5, 5.41) is 125. The number of carbonyl (C=O) groups is 2. The second kappa shape index (κ2) is 40.3. The third kappa shape index (κ3) is 19.8. The Kier molecular flexibility index (Phi) is 29.3. The minimum absolute atomic E-state index is 0.0626. The Bertz CT molecular complexity index is 6190. The van der Waals surface area contributed by atoms with Gasteiger partial charge in [-0.2, -0.15) is 0 Å². The first-order valence-electron chi connectivity index (χ1n) is 47.6. The van der Waals surface area contributed by atoms with E-state index in [1.54, 1.807) is 48.5 Å². The van der Waals surface area contributed by atoms with Crippen LogP contribution in [0.4, 0.5) is 0 Å². The first kappa shape index (κ1) is 101. The first-order chi connectivity index (χ1) is 65.7. The van der Waals surface area contributed by atoms with Crippen molar-refractivity contribution in [3.05, 3.63) is 372 Å². The van der Waals surface area contributed by atoms with Crippen molar-refractivity contribution in [2.75, 3.05) is 13.2 Å². The normalized spacial score (nSPS) is 16.2. The van der Waals surface area contributed by atoms with E-state index in [9.17, 15) is 60.7 Å². The molecule has 0 amide bonds. The number of carboxylic acid groups (broad SMARTS) is 2. The Morgan fingerprint density at radius 3 is 0.662 bits per heavy atom. The van der Waals surface area contributed by atoms with Crippen molar-refractivity contribution in [2.45, 2.75) is 238 Å². The van der Waals surface area contributed by atoms with E-state index >= 15 is 0 Å². The minimum atomic E-state index is -1.17. The van der Waals surface area contributed by atoms with Gasteiger partial charge in [-0.15, -0.1) is 0 Å². The summed E-state index contributed by atoms with van der Waals surface area (Å²) in [5.41, 5.74) is 24.8. The molecule has 0 bridgehead atoms. The third-order valence-corrected chi connectivity index (χ3v) is 30.7. The topological polar surface area (TPSA) is 310 Å². The molecular weight excluding hydrogens is 1750 g/mol. The van der Waals surface area contributed by atoms with Gasteiger partial charge < -0.3 is 70.3 Å². The summed E-state index contributed by atoms with van der Waals surface area (Å²) in [6.07, 6.45) is 7.30. The smallest absolute Gasteiger partial charge is 0.341 e. The molecular formula is C119H132O20. The van der Waals surface area contributed by atoms with Crippen molar-refractivity contribution in [2.24, 2.45) is 17.3 Å². The number of hydrogen-bond acceptors (Lipinski definition) is 18. The lowest BCUT2D eigenvalue weighted by molar-refractivity contribution is -0.439. The van der Waals surface area contributed by atoms with Crippen LogP contribution in [0.25, 0.3) is 0 Å². The van der Waals surface area contributed by atoms with Crippen molar-refractivity contribution >= 4 is 11.9 Å². The highest BCUT2D eigenvalue weighted by Crippen LogP contribution is 2.62. The van der Waals surface area contributed by atoms with E-state index in [1.165, 1.54) is 0 Å². The summed E-state index contributed by atoms with van der Waals surface area (Å²) >= 11 is 0. The minimum Gasteiger partial charge on any atom is -0.508 e. The molecule has 20 nitrogen and oxygen atoms in total. The zero-order valence-corrected chi connectivity index (χ0v) is 84.0. The summed E-state index contributed by atoms with van der Waals surface area (Å²) in [5.74, 6) is -2.55. The largest absolute Gasteiger partial charge is 0.508 e. The van der Waals surface area contributed by atoms with Gasteiger partial charge in [0, 0.05) is 66.8 Å². The molecule has 0 saturated heterocycles. The molecule has 10 N–H and O–H groups in total. The van der Waals surface area contributed by atoms with E-state index in [0.717, 1.165) is 124 Å². The number of benzene rings is 12. The summed E-state index contributed by atoms with van der Waals surface area (Å²) in [6, 6.07) is 47.5. The van der Waals surface area contributed by atoms with Crippen molar-refractivity contribution in [3.8, 4) is 69.0 Å². The predicted molar refractivity (Wildman–Crippen MR) is 541 cm³/mol. The fourth-order valence-corrected chi connectivity index (χ4v) is 22.8. The van der Waals surface area contributed by atoms with Gasteiger partial charge in [-0.1, -0.05) is 124 Å². The summed E-state index contributed by atoms with van der Waals surface area (Å²) < 4.78 is 13.3. The number of aryl methyl sites for hydroxylation is 20. The van der Waals surface area contributed by atoms with Gasteiger partial charge in [-0.05, 0) is 434 Å². The zero-order chi connectivity index (χ0) is 101. The number of ether oxygens (including phenoxy) is 2. The van der Waals surface area contributed by atoms with Crippen LogP contribution in [0.1, 0.15) is 289 Å². The molecule has 0 unspecified atom stereocenters. The molecule has 2 aliphatic rings. The van der Waals surface area contributed by atoms with Crippen molar-refractivity contribution in [1.29, 1.82) is 0 Å². The van der Waals surface area contributed by atoms with Crippen LogP contribution in [0.15, 0.2) is 171 Å². The molecule has 2 fully saturated rings. The lowest BCUT2D eigenvalue weighted by Gasteiger charge is -2.52. The fraction of sp³-hybridized carbons (Fsp3) is 0.345. The van der Waals surface area contributed by atoms with Crippen molar-refractivity contribution in [3.63, 3.8) is 0 Å². The number of aliphatic carboxylic acids is 2. The molecule has 0 radical (unpaired) electrons. The highest BCUT2D eigenvalue weighted by Gasteiger charge is 2.51. The number of phenolic OH excluding ortho intramolecular Hbond substituents is 8. The van der Waals surface area contributed by atoms with Crippen LogP contribution in [0.5, 0.6) is 69.0 Å². The van der Waals surface area contributed by atoms with Crippen molar-refractivity contribution in [1.82, 2.24) is 0 Å². The third-order valence-electron chi connectivity index (χ3n) is 30.7. The Morgan fingerprint density at radius 2 is 0.475 bits per heavy atom. The van der Waals surface area contributed by atoms with Gasteiger partial charge in [0.1, 0.15) is 70.0 Å². The molecule has 2 aliphatic carbocycles. The predicted octanol–water partition coefficient (Wildman–Crippen LogP) is 26.6. The first-order valence-corrected chi connectivity index (χ1v) is 47.6. The standard InChI is InChI=1S/C119H132O20/c1-25-134-138-136-115-79(21)37-85(57-97(115)111(91-43-73(15)103(124)51-65(91)7)92-44-74(16)104(125)52-66(92)8)118(83-35-77(19)113(132-59-107(128)129)95(55-83)109(87-39-69(11)99(120)47-61(87)3)88-40-70(12)100(121)48-62(88)4)31-27-81(28-32-118)117(23,24)82-29-33-119(34-30-82,84-36-78(20)114(133-60-108(130)131)96(56-84)110(89-41-71(13)101(122)49-63(89)5)90-42-72(14)102(123)50-64(90)6)86-38-80(22)116(137-139-135-26-2)98(58-86)112(93-45-75(17)105(126)53-67(93)9)94-46-76(18)106(127)54-68(94)10/h25-26,35-58,81-82,109-112,120-127H,1-2,27-34,59-60H2,3-24H3,(H,128,129)(H,130,131). The fourth-order valence-electron chi connectivity index (χ4n) is 22.8. The monoisotopic (exact) mass is 1880 g/mol. The Balaban J connectivity index is 1.00. The van der Waals surface area contributed by atoms with Gasteiger partial charge in [-0.25, -0.2) is 9.59 Å². The van der Waals surface area contributed by atoms with Gasteiger partial charge >= 0.3 is 11.9 Å². The van der Waals surface area contributed by atoms with E-state index in [0.29, 0.717) is 163 Å². The van der Waals surface area contributed by atoms with Gasteiger partial charge in [0.15, 0.2) is 24.7 Å². The van der Waals surface area contributed by atoms with Crippen LogP contribution in [-0.2, 0) is 40.3 Å². The van der Waals surface area contributed by atoms with E-state index in [-0.39, 0.29) is 57.8 Å². The molecule has 0 aliphatic heterocycles. The number of carboxylic acids is 2. The van der Waals surface area contributed by atoms with E-state index in [4.69, 9.17) is 39.1 Å². The summed E-state index contributed by atoms with van der Waals surface area (Å²) in [6.45, 7) is 49.5. The Morgan fingerprint density at radius 1 is 0.288 bits per heavy atom. The maximum absolute atomic E-state index is 13.0. The molecule has 0 aromatic heterocycles. The van der Waals surface area contributed by atoms with Gasteiger partial charge in [0.25, 0.3) is 0 Å². The maximum Gasteiger partial charge on any atom is 0.341 e. The zero-order valence-electron chi connectivity index (χ0n) is 84.0. The summed E-state index contributed by atoms with van der Waals surface area (Å²) in [4.78, 5) is 49.7. The van der Waals surface area contributed by atoms with Gasteiger partial charge in [0.05, 0.1) is 0 Å². The average Bonchev–Trinajstić information content (AvgIpc) is 0.725. The van der Waals surface area contributed by atoms with Crippen LogP contribution < -0.4 is 19.2 Å². The highest BCUT2D eigenvalue weighted by molar-refractivity contribution is 5.72. The van der Waals surface area contributed by atoms with Crippen LogP contribution >= 0.6 is 0 Å². The molecule has 12 aromatic carbocycles. The average molecular weight is 1880 g/mol. The number of phenols is 8. The number of hydrogen-bond donors (Lipinski definition) is 10. The summed E-state index contributed by atoms with van der Waals surface area (Å²) in [7, 11) is 0. The Hall–Kier alpha value is -13.8. The molecule has 20 heteroatoms. The molecule has 12 aromatic rings. The Labute approximate surface area is 816 Å². The van der Waals surface area contributed by atoms with Crippen LogP contribution in [0.2, 0.25) is 0 Å². The number of aromatic hydroxyl groups is 8.